The van der Waals surface area contributed by atoms with Crippen LogP contribution in [-0.4, -0.2) is 63.8 Å². The minimum atomic E-state index is -1.54. The van der Waals surface area contributed by atoms with Crippen molar-refractivity contribution in [1.29, 1.82) is 0 Å². The van der Waals surface area contributed by atoms with Crippen molar-refractivity contribution in [2.24, 2.45) is 0 Å². The van der Waals surface area contributed by atoms with Gasteiger partial charge in [-0.3, -0.25) is 5.32 Å². The Balaban J connectivity index is 1.50. The van der Waals surface area contributed by atoms with E-state index in [0.717, 1.165) is 0 Å². The van der Waals surface area contributed by atoms with E-state index in [1.807, 2.05) is 0 Å². The van der Waals surface area contributed by atoms with Gasteiger partial charge in [0.15, 0.2) is 0 Å². The first-order chi connectivity index (χ1) is 14.9. The third-order valence-electron chi connectivity index (χ3n) is 4.63. The van der Waals surface area contributed by atoms with Crippen molar-refractivity contribution in [3.05, 3.63) is 54.1 Å². The summed E-state index contributed by atoms with van der Waals surface area (Å²) in [5.41, 5.74) is 2.82. The SMILES string of the molecule is O=C(Nc1ccc(NF)cc1)OCc1ccc(O[C@@H]2OC(CO)[C@H](O)C(O)[C@@H]2O)cc1. The van der Waals surface area contributed by atoms with Crippen LogP contribution in [0.2, 0.25) is 0 Å². The molecule has 1 aliphatic rings. The lowest BCUT2D eigenvalue weighted by atomic mass is 9.99. The van der Waals surface area contributed by atoms with Crippen molar-refractivity contribution in [1.82, 2.24) is 0 Å². The Morgan fingerprint density at radius 3 is 2.23 bits per heavy atom. The van der Waals surface area contributed by atoms with Gasteiger partial charge in [0, 0.05) is 5.69 Å². The summed E-state index contributed by atoms with van der Waals surface area (Å²) in [5.74, 6) is 0.291. The maximum absolute atomic E-state index is 12.3. The van der Waals surface area contributed by atoms with E-state index in [1.54, 1.807) is 24.3 Å². The number of amides is 1. The average Bonchev–Trinajstić information content (AvgIpc) is 2.79. The molecule has 3 rings (SSSR count). The van der Waals surface area contributed by atoms with Crippen molar-refractivity contribution < 1.29 is 43.9 Å². The number of rotatable bonds is 7. The second-order valence-corrected chi connectivity index (χ2v) is 6.83. The van der Waals surface area contributed by atoms with Crippen LogP contribution >= 0.6 is 0 Å². The summed E-state index contributed by atoms with van der Waals surface area (Å²) in [6.07, 6.45) is -7.57. The number of nitrogens with one attached hydrogen (secondary N) is 2. The highest BCUT2D eigenvalue weighted by Crippen LogP contribution is 2.24. The van der Waals surface area contributed by atoms with Crippen molar-refractivity contribution in [3.63, 3.8) is 0 Å². The minimum absolute atomic E-state index is 0.0315. The monoisotopic (exact) mass is 438 g/mol. The van der Waals surface area contributed by atoms with Crippen LogP contribution in [0, 0.1) is 0 Å². The van der Waals surface area contributed by atoms with E-state index in [0.29, 0.717) is 17.0 Å². The van der Waals surface area contributed by atoms with E-state index in [9.17, 15) is 29.7 Å². The molecule has 1 saturated heterocycles. The number of aliphatic hydroxyl groups is 4. The molecule has 5 atom stereocenters. The molecule has 31 heavy (non-hydrogen) atoms. The van der Waals surface area contributed by atoms with E-state index < -0.39 is 43.4 Å². The summed E-state index contributed by atoms with van der Waals surface area (Å²) in [4.78, 5) is 11.9. The van der Waals surface area contributed by atoms with Crippen LogP contribution in [0.5, 0.6) is 5.75 Å². The summed E-state index contributed by atoms with van der Waals surface area (Å²) in [6.45, 7) is -0.587. The summed E-state index contributed by atoms with van der Waals surface area (Å²) in [5, 5.41) is 41.3. The normalized spacial score (nSPS) is 25.5. The standard InChI is InChI=1S/C20H23FN2O8/c21-23-13-5-3-12(4-6-13)22-20(28)29-10-11-1-7-14(8-2-11)30-19-18(27)17(26)16(25)15(9-24)31-19/h1-8,15-19,23-27H,9-10H2,(H,22,28)/t15?,16-,17?,18-,19+/m0/s1. The molecule has 0 spiro atoms. The molecule has 1 aliphatic heterocycles. The zero-order valence-electron chi connectivity index (χ0n) is 16.2. The van der Waals surface area contributed by atoms with E-state index in [2.05, 4.69) is 5.32 Å². The number of halogens is 1. The molecule has 0 radical (unpaired) electrons. The smallest absolute Gasteiger partial charge is 0.411 e. The fourth-order valence-corrected chi connectivity index (χ4v) is 2.88. The third kappa shape index (κ3) is 5.81. The molecular weight excluding hydrogens is 415 g/mol. The fraction of sp³-hybridized carbons (Fsp3) is 0.350. The maximum atomic E-state index is 12.3. The predicted octanol–water partition coefficient (Wildman–Crippen LogP) is 0.910. The third-order valence-corrected chi connectivity index (χ3v) is 4.63. The van der Waals surface area contributed by atoms with Gasteiger partial charge in [0.2, 0.25) is 6.29 Å². The highest BCUT2D eigenvalue weighted by Gasteiger charge is 2.44. The summed E-state index contributed by atoms with van der Waals surface area (Å²) in [6, 6.07) is 12.2. The molecule has 2 aromatic carbocycles. The molecule has 11 heteroatoms. The Hall–Kier alpha value is -2.96. The van der Waals surface area contributed by atoms with Crippen LogP contribution in [-0.2, 0) is 16.1 Å². The van der Waals surface area contributed by atoms with Crippen molar-refractivity contribution >= 4 is 17.5 Å². The lowest BCUT2D eigenvalue weighted by Crippen LogP contribution is -2.60. The van der Waals surface area contributed by atoms with Gasteiger partial charge in [-0.1, -0.05) is 12.1 Å². The molecule has 1 heterocycles. The lowest BCUT2D eigenvalue weighted by Gasteiger charge is -2.39. The van der Waals surface area contributed by atoms with Crippen LogP contribution in [0.4, 0.5) is 20.7 Å². The van der Waals surface area contributed by atoms with Gasteiger partial charge < -0.3 is 34.6 Å². The van der Waals surface area contributed by atoms with Crippen molar-refractivity contribution in [3.8, 4) is 5.75 Å². The number of hydrogen-bond acceptors (Lipinski definition) is 9. The van der Waals surface area contributed by atoms with Gasteiger partial charge >= 0.3 is 6.09 Å². The molecule has 0 aliphatic carbocycles. The Morgan fingerprint density at radius 1 is 0.968 bits per heavy atom. The first-order valence-electron chi connectivity index (χ1n) is 9.38. The maximum Gasteiger partial charge on any atom is 0.411 e. The molecule has 0 aromatic heterocycles. The largest absolute Gasteiger partial charge is 0.462 e. The molecular formula is C20H23FN2O8. The molecule has 1 fully saturated rings. The summed E-state index contributed by atoms with van der Waals surface area (Å²) in [7, 11) is 0. The van der Waals surface area contributed by atoms with E-state index in [1.165, 1.54) is 29.8 Å². The Kier molecular flexibility index (Phi) is 7.60. The Morgan fingerprint density at radius 2 is 1.61 bits per heavy atom. The van der Waals surface area contributed by atoms with E-state index >= 15 is 0 Å². The molecule has 168 valence electrons. The summed E-state index contributed by atoms with van der Waals surface area (Å²) < 4.78 is 28.1. The van der Waals surface area contributed by atoms with Crippen LogP contribution in [0.15, 0.2) is 48.5 Å². The lowest BCUT2D eigenvalue weighted by molar-refractivity contribution is -0.277. The van der Waals surface area contributed by atoms with Crippen molar-refractivity contribution in [2.75, 3.05) is 17.5 Å². The Bertz CT molecular complexity index is 849. The number of benzene rings is 2. The number of aliphatic hydroxyl groups excluding tert-OH is 4. The van der Waals surface area contributed by atoms with Crippen molar-refractivity contribution in [2.45, 2.75) is 37.3 Å². The molecule has 1 amide bonds. The van der Waals surface area contributed by atoms with Gasteiger partial charge in [0.1, 0.15) is 36.8 Å². The van der Waals surface area contributed by atoms with Gasteiger partial charge in [-0.05, 0) is 42.0 Å². The van der Waals surface area contributed by atoms with Crippen LogP contribution in [0.3, 0.4) is 0 Å². The number of carbonyl (C=O) groups is 1. The van der Waals surface area contributed by atoms with Crippen LogP contribution < -0.4 is 15.6 Å². The van der Waals surface area contributed by atoms with E-state index in [4.69, 9.17) is 14.2 Å². The molecule has 10 nitrogen and oxygen atoms in total. The molecule has 2 unspecified atom stereocenters. The Labute approximate surface area is 176 Å². The zero-order valence-corrected chi connectivity index (χ0v) is 16.2. The van der Waals surface area contributed by atoms with Crippen LogP contribution in [0.25, 0.3) is 0 Å². The number of hydrogen-bond donors (Lipinski definition) is 6. The quantitative estimate of drug-likeness (QED) is 0.347. The minimum Gasteiger partial charge on any atom is -0.462 e. The molecule has 0 saturated carbocycles. The highest BCUT2D eigenvalue weighted by atomic mass is 19.2. The van der Waals surface area contributed by atoms with Gasteiger partial charge in [-0.2, -0.15) is 0 Å². The van der Waals surface area contributed by atoms with Gasteiger partial charge in [-0.25, -0.2) is 10.3 Å². The van der Waals surface area contributed by atoms with Gasteiger partial charge in [0.25, 0.3) is 0 Å². The fourth-order valence-electron chi connectivity index (χ4n) is 2.88. The number of ether oxygens (including phenoxy) is 3. The van der Waals surface area contributed by atoms with Gasteiger partial charge in [-0.15, -0.1) is 4.48 Å². The molecule has 6 N–H and O–H groups in total. The molecule has 0 bridgehead atoms. The highest BCUT2D eigenvalue weighted by molar-refractivity contribution is 5.84. The topological polar surface area (TPSA) is 150 Å². The van der Waals surface area contributed by atoms with Gasteiger partial charge in [0.05, 0.1) is 12.3 Å². The first kappa shape index (κ1) is 22.7. The average molecular weight is 438 g/mol. The second-order valence-electron chi connectivity index (χ2n) is 6.83. The van der Waals surface area contributed by atoms with E-state index in [-0.39, 0.29) is 12.3 Å². The number of carbonyl (C=O) groups excluding carboxylic acids is 1. The predicted molar refractivity (Wildman–Crippen MR) is 106 cm³/mol. The second kappa shape index (κ2) is 10.4. The van der Waals surface area contributed by atoms with Crippen LogP contribution in [0.1, 0.15) is 5.56 Å². The number of anilines is 2. The first-order valence-corrected chi connectivity index (χ1v) is 9.38. The molecule has 2 aromatic rings. The summed E-state index contributed by atoms with van der Waals surface area (Å²) >= 11 is 0. The zero-order chi connectivity index (χ0) is 22.4.